The van der Waals surface area contributed by atoms with Gasteiger partial charge in [-0.25, -0.2) is 0 Å². The number of hydrogen-bond donors (Lipinski definition) is 0. The number of carbonyl (C=O) groups excluding carboxylic acids is 1. The van der Waals surface area contributed by atoms with Crippen LogP contribution >= 0.6 is 0 Å². The molecule has 0 fully saturated rings. The largest absolute Gasteiger partial charge is 0.491 e. The van der Waals surface area contributed by atoms with Gasteiger partial charge < -0.3 is 19.1 Å². The third-order valence-corrected chi connectivity index (χ3v) is 6.40. The molecule has 0 aromatic heterocycles. The average Bonchev–Trinajstić information content (AvgIpc) is 3.26. The summed E-state index contributed by atoms with van der Waals surface area (Å²) in [5.74, 6) is 2.09. The van der Waals surface area contributed by atoms with Crippen molar-refractivity contribution in [3.05, 3.63) is 82.9 Å². The number of benzene rings is 3. The van der Waals surface area contributed by atoms with Crippen molar-refractivity contribution in [2.45, 2.75) is 18.9 Å². The Bertz CT molecular complexity index is 1190. The van der Waals surface area contributed by atoms with Crippen molar-refractivity contribution in [3.8, 4) is 17.2 Å². The van der Waals surface area contributed by atoms with Crippen molar-refractivity contribution in [2.24, 2.45) is 0 Å². The number of rotatable bonds is 2. The zero-order valence-electron chi connectivity index (χ0n) is 16.7. The van der Waals surface area contributed by atoms with Crippen molar-refractivity contribution >= 4 is 11.6 Å². The summed E-state index contributed by atoms with van der Waals surface area (Å²) in [6.07, 6.45) is 0. The first-order chi connectivity index (χ1) is 14.7. The highest BCUT2D eigenvalue weighted by molar-refractivity contribution is 6.11. The third-order valence-electron chi connectivity index (χ3n) is 6.40. The molecule has 3 aromatic rings. The maximum Gasteiger partial charge on any atom is 0.246 e. The fraction of sp³-hybridized carbons (Fsp3) is 0.240. The van der Waals surface area contributed by atoms with Gasteiger partial charge in [0.15, 0.2) is 11.5 Å². The molecule has 3 aromatic carbocycles. The van der Waals surface area contributed by atoms with Gasteiger partial charge in [-0.3, -0.25) is 4.79 Å². The molecule has 1 spiro atoms. The number of ether oxygens (including phenoxy) is 3. The van der Waals surface area contributed by atoms with E-state index in [1.54, 1.807) is 0 Å². The number of amides is 1. The topological polar surface area (TPSA) is 48.0 Å². The van der Waals surface area contributed by atoms with E-state index in [0.29, 0.717) is 37.0 Å². The van der Waals surface area contributed by atoms with Crippen LogP contribution in [0, 0.1) is 6.92 Å². The molecule has 5 nitrogen and oxygen atoms in total. The molecular formula is C25H21NO4. The van der Waals surface area contributed by atoms with Crippen LogP contribution in [-0.4, -0.2) is 25.7 Å². The first kappa shape index (κ1) is 17.4. The minimum absolute atomic E-state index is 0.0439. The Hall–Kier alpha value is -3.47. The minimum atomic E-state index is -0.857. The number of aryl methyl sites for hydroxylation is 1. The quantitative estimate of drug-likeness (QED) is 0.654. The van der Waals surface area contributed by atoms with Crippen LogP contribution in [0.2, 0.25) is 0 Å². The second-order valence-corrected chi connectivity index (χ2v) is 8.02. The molecular weight excluding hydrogens is 378 g/mol. The zero-order chi connectivity index (χ0) is 20.3. The van der Waals surface area contributed by atoms with Gasteiger partial charge in [0.25, 0.3) is 0 Å². The molecule has 1 amide bonds. The highest BCUT2D eigenvalue weighted by atomic mass is 16.6. The molecule has 6 rings (SSSR count). The van der Waals surface area contributed by atoms with Crippen LogP contribution < -0.4 is 19.1 Å². The molecule has 0 N–H and O–H groups in total. The van der Waals surface area contributed by atoms with Gasteiger partial charge in [0.05, 0.1) is 6.54 Å². The van der Waals surface area contributed by atoms with Crippen LogP contribution in [0.3, 0.4) is 0 Å². The fourth-order valence-corrected chi connectivity index (χ4v) is 4.83. The zero-order valence-corrected chi connectivity index (χ0v) is 16.7. The van der Waals surface area contributed by atoms with Crippen LogP contribution in [0.5, 0.6) is 17.2 Å². The molecule has 0 saturated heterocycles. The van der Waals surface area contributed by atoms with E-state index in [4.69, 9.17) is 14.2 Å². The highest BCUT2D eigenvalue weighted by Crippen LogP contribution is 2.55. The van der Waals surface area contributed by atoms with Crippen molar-refractivity contribution in [3.63, 3.8) is 0 Å². The maximum absolute atomic E-state index is 14.0. The standard InChI is InChI=1S/C25H21NO4/c1-16-6-2-3-7-17(16)14-26-20-9-5-4-8-18(20)25(24(26)27)15-30-21-13-23-22(12-19(21)25)28-10-11-29-23/h2-9,12-13H,10-11,14-15H2,1H3/t25-/m0/s1. The molecule has 1 atom stereocenters. The SMILES string of the molecule is Cc1ccccc1CN1C(=O)[C@@]2(COc3cc4c(cc32)OCCO4)c2ccccc21. The van der Waals surface area contributed by atoms with Crippen LogP contribution in [0.4, 0.5) is 5.69 Å². The van der Waals surface area contributed by atoms with Crippen LogP contribution in [0.1, 0.15) is 22.3 Å². The van der Waals surface area contributed by atoms with Gasteiger partial charge in [-0.2, -0.15) is 0 Å². The lowest BCUT2D eigenvalue weighted by Crippen LogP contribution is -2.42. The van der Waals surface area contributed by atoms with Crippen molar-refractivity contribution in [1.29, 1.82) is 0 Å². The van der Waals surface area contributed by atoms with E-state index in [2.05, 4.69) is 19.1 Å². The van der Waals surface area contributed by atoms with Gasteiger partial charge in [-0.05, 0) is 35.7 Å². The normalized spacial score (nSPS) is 20.8. The summed E-state index contributed by atoms with van der Waals surface area (Å²) in [7, 11) is 0. The Morgan fingerprint density at radius 1 is 0.867 bits per heavy atom. The third kappa shape index (κ3) is 2.26. The summed E-state index contributed by atoms with van der Waals surface area (Å²) in [5, 5.41) is 0. The lowest BCUT2D eigenvalue weighted by Gasteiger charge is -2.25. The summed E-state index contributed by atoms with van der Waals surface area (Å²) in [4.78, 5) is 15.9. The van der Waals surface area contributed by atoms with Gasteiger partial charge in [0.1, 0.15) is 31.0 Å². The molecule has 0 aliphatic carbocycles. The van der Waals surface area contributed by atoms with E-state index in [0.717, 1.165) is 22.4 Å². The molecule has 0 unspecified atom stereocenters. The van der Waals surface area contributed by atoms with Gasteiger partial charge in [0.2, 0.25) is 5.91 Å². The van der Waals surface area contributed by atoms with Crippen LogP contribution in [0.15, 0.2) is 60.7 Å². The Labute approximate surface area is 174 Å². The highest BCUT2D eigenvalue weighted by Gasteiger charge is 2.57. The summed E-state index contributed by atoms with van der Waals surface area (Å²) in [5.41, 5.74) is 4.24. The van der Waals surface area contributed by atoms with E-state index in [1.807, 2.05) is 53.4 Å². The number of para-hydroxylation sites is 1. The Morgan fingerprint density at radius 3 is 2.43 bits per heavy atom. The number of fused-ring (bicyclic) bond motifs is 5. The van der Waals surface area contributed by atoms with Gasteiger partial charge >= 0.3 is 0 Å². The van der Waals surface area contributed by atoms with Crippen molar-refractivity contribution in [2.75, 3.05) is 24.7 Å². The van der Waals surface area contributed by atoms with E-state index >= 15 is 0 Å². The molecule has 0 saturated carbocycles. The first-order valence-electron chi connectivity index (χ1n) is 10.2. The number of hydrogen-bond acceptors (Lipinski definition) is 4. The summed E-state index contributed by atoms with van der Waals surface area (Å²) >= 11 is 0. The predicted molar refractivity (Wildman–Crippen MR) is 113 cm³/mol. The number of carbonyl (C=O) groups is 1. The van der Waals surface area contributed by atoms with Crippen molar-refractivity contribution < 1.29 is 19.0 Å². The van der Waals surface area contributed by atoms with E-state index in [-0.39, 0.29) is 12.5 Å². The first-order valence-corrected chi connectivity index (χ1v) is 10.2. The number of nitrogens with zero attached hydrogens (tertiary/aromatic N) is 1. The van der Waals surface area contributed by atoms with Gasteiger partial charge in [-0.1, -0.05) is 42.5 Å². The second-order valence-electron chi connectivity index (χ2n) is 8.02. The van der Waals surface area contributed by atoms with Crippen LogP contribution in [-0.2, 0) is 16.8 Å². The maximum atomic E-state index is 14.0. The Kier molecular flexibility index (Phi) is 3.63. The van der Waals surface area contributed by atoms with E-state index in [9.17, 15) is 4.79 Å². The van der Waals surface area contributed by atoms with Crippen molar-refractivity contribution in [1.82, 2.24) is 0 Å². The number of anilines is 1. The Morgan fingerprint density at radius 2 is 1.60 bits per heavy atom. The predicted octanol–water partition coefficient (Wildman–Crippen LogP) is 3.99. The molecule has 0 bridgehead atoms. The monoisotopic (exact) mass is 399 g/mol. The Balaban J connectivity index is 1.50. The lowest BCUT2D eigenvalue weighted by atomic mass is 9.77. The summed E-state index contributed by atoms with van der Waals surface area (Å²) < 4.78 is 17.6. The van der Waals surface area contributed by atoms with Gasteiger partial charge in [0, 0.05) is 17.3 Å². The molecule has 150 valence electrons. The lowest BCUT2D eigenvalue weighted by molar-refractivity contribution is -0.122. The fourth-order valence-electron chi connectivity index (χ4n) is 4.83. The second kappa shape index (κ2) is 6.26. The molecule has 5 heteroatoms. The molecule has 3 aliphatic rings. The minimum Gasteiger partial charge on any atom is -0.491 e. The summed E-state index contributed by atoms with van der Waals surface area (Å²) in [6.45, 7) is 3.91. The molecule has 0 radical (unpaired) electrons. The van der Waals surface area contributed by atoms with E-state index < -0.39 is 5.41 Å². The van der Waals surface area contributed by atoms with Gasteiger partial charge in [-0.15, -0.1) is 0 Å². The van der Waals surface area contributed by atoms with Crippen LogP contribution in [0.25, 0.3) is 0 Å². The summed E-state index contributed by atoms with van der Waals surface area (Å²) in [6, 6.07) is 20.0. The molecule has 3 heterocycles. The smallest absolute Gasteiger partial charge is 0.246 e. The molecule has 30 heavy (non-hydrogen) atoms. The average molecular weight is 399 g/mol. The van der Waals surface area contributed by atoms with E-state index in [1.165, 1.54) is 5.56 Å². The molecule has 3 aliphatic heterocycles.